The molecule has 20 heavy (non-hydrogen) atoms. The Balaban J connectivity index is 2.47. The van der Waals surface area contributed by atoms with Crippen LogP contribution in [0.1, 0.15) is 19.4 Å². The summed E-state index contributed by atoms with van der Waals surface area (Å²) in [4.78, 5) is 22.6. The Kier molecular flexibility index (Phi) is 5.72. The Morgan fingerprint density at radius 2 is 1.70 bits per heavy atom. The summed E-state index contributed by atoms with van der Waals surface area (Å²) in [5.74, 6) is -0.580. The van der Waals surface area contributed by atoms with E-state index >= 15 is 0 Å². The van der Waals surface area contributed by atoms with E-state index in [2.05, 4.69) is 18.5 Å². The molecule has 0 aliphatic rings. The second-order valence-electron chi connectivity index (χ2n) is 4.60. The van der Waals surface area contributed by atoms with Gasteiger partial charge < -0.3 is 10.1 Å². The van der Waals surface area contributed by atoms with Gasteiger partial charge in [-0.3, -0.25) is 4.79 Å². The maximum Gasteiger partial charge on any atom is 0.333 e. The molecule has 0 atom stereocenters. The topological polar surface area (TPSA) is 55.4 Å². The van der Waals surface area contributed by atoms with Crippen molar-refractivity contribution in [3.63, 3.8) is 0 Å². The molecule has 0 spiro atoms. The van der Waals surface area contributed by atoms with E-state index in [1.165, 1.54) is 0 Å². The van der Waals surface area contributed by atoms with Crippen molar-refractivity contribution in [3.05, 3.63) is 54.1 Å². The van der Waals surface area contributed by atoms with Crippen LogP contribution in [-0.2, 0) is 20.7 Å². The molecule has 0 heterocycles. The predicted octanol–water partition coefficient (Wildman–Crippen LogP) is 2.86. The first-order valence-corrected chi connectivity index (χ1v) is 6.28. The molecular formula is C16H19NO3. The number of nitrogens with one attached hydrogen (secondary N) is 1. The summed E-state index contributed by atoms with van der Waals surface area (Å²) < 4.78 is 5.01. The number of benzene rings is 1. The normalized spacial score (nSPS) is 9.70. The van der Waals surface area contributed by atoms with Crippen LogP contribution in [0.3, 0.4) is 0 Å². The molecule has 1 amide bonds. The van der Waals surface area contributed by atoms with Gasteiger partial charge in [-0.25, -0.2) is 4.79 Å². The van der Waals surface area contributed by atoms with Crippen LogP contribution in [0.25, 0.3) is 0 Å². The first-order valence-electron chi connectivity index (χ1n) is 6.28. The van der Waals surface area contributed by atoms with Gasteiger partial charge in [-0.2, -0.15) is 0 Å². The number of carbonyl (C=O) groups excluding carboxylic acids is 2. The predicted molar refractivity (Wildman–Crippen MR) is 79.4 cm³/mol. The minimum absolute atomic E-state index is 0.201. The van der Waals surface area contributed by atoms with Crippen LogP contribution >= 0.6 is 0 Å². The molecule has 1 aromatic rings. The number of rotatable bonds is 6. The van der Waals surface area contributed by atoms with Gasteiger partial charge in [-0.15, -0.1) is 0 Å². The number of hydrogen-bond donors (Lipinski definition) is 1. The Labute approximate surface area is 119 Å². The molecule has 0 bridgehead atoms. The Morgan fingerprint density at radius 1 is 1.10 bits per heavy atom. The smallest absolute Gasteiger partial charge is 0.333 e. The van der Waals surface area contributed by atoms with E-state index in [4.69, 9.17) is 4.74 Å². The van der Waals surface area contributed by atoms with E-state index in [0.29, 0.717) is 29.9 Å². The summed E-state index contributed by atoms with van der Waals surface area (Å²) in [6, 6.07) is 7.36. The second kappa shape index (κ2) is 7.28. The molecule has 1 aromatic carbocycles. The fraction of sp³-hybridized carbons (Fsp3) is 0.250. The Bertz CT molecular complexity index is 529. The highest BCUT2D eigenvalue weighted by atomic mass is 16.5. The minimum atomic E-state index is -0.379. The molecule has 0 fully saturated rings. The molecule has 0 radical (unpaired) electrons. The number of esters is 1. The van der Waals surface area contributed by atoms with Crippen LogP contribution < -0.4 is 5.32 Å². The van der Waals surface area contributed by atoms with Crippen LogP contribution in [0, 0.1) is 0 Å². The van der Waals surface area contributed by atoms with Crippen molar-refractivity contribution in [1.29, 1.82) is 0 Å². The summed E-state index contributed by atoms with van der Waals surface area (Å²) in [5, 5.41) is 2.72. The molecule has 0 unspecified atom stereocenters. The third-order valence-electron chi connectivity index (χ3n) is 2.57. The van der Waals surface area contributed by atoms with E-state index in [9.17, 15) is 9.59 Å². The van der Waals surface area contributed by atoms with E-state index in [-0.39, 0.29) is 11.9 Å². The first kappa shape index (κ1) is 15.7. The van der Waals surface area contributed by atoms with E-state index < -0.39 is 0 Å². The molecule has 4 heteroatoms. The van der Waals surface area contributed by atoms with Gasteiger partial charge in [0.1, 0.15) is 0 Å². The van der Waals surface area contributed by atoms with Gasteiger partial charge >= 0.3 is 5.97 Å². The summed E-state index contributed by atoms with van der Waals surface area (Å²) in [7, 11) is 0. The third kappa shape index (κ3) is 5.10. The molecular weight excluding hydrogens is 254 g/mol. The lowest BCUT2D eigenvalue weighted by atomic mass is 10.1. The first-order chi connectivity index (χ1) is 9.40. The average Bonchev–Trinajstić information content (AvgIpc) is 2.40. The van der Waals surface area contributed by atoms with Gasteiger partial charge in [-0.1, -0.05) is 25.3 Å². The number of anilines is 1. The van der Waals surface area contributed by atoms with Gasteiger partial charge in [0.2, 0.25) is 0 Å². The summed E-state index contributed by atoms with van der Waals surface area (Å²) in [6.45, 7) is 10.7. The number of amides is 1. The standard InChI is InChI=1S/C16H19NO3/c1-11(2)15(18)17-14-7-5-13(6-8-14)9-10-20-16(19)12(3)4/h5-8H,1,3,9-10H2,2,4H3,(H,17,18). The maximum atomic E-state index is 11.4. The molecule has 106 valence electrons. The van der Waals surface area contributed by atoms with E-state index in [1.807, 2.05) is 12.1 Å². The van der Waals surface area contributed by atoms with Gasteiger partial charge in [-0.05, 0) is 31.5 Å². The summed E-state index contributed by atoms with van der Waals surface area (Å²) in [6.07, 6.45) is 0.619. The SMILES string of the molecule is C=C(C)C(=O)Nc1ccc(CCOC(=O)C(=C)C)cc1. The summed E-state index contributed by atoms with van der Waals surface area (Å²) in [5.41, 5.74) is 2.58. The lowest BCUT2D eigenvalue weighted by Gasteiger charge is -2.07. The van der Waals surface area contributed by atoms with Gasteiger partial charge in [0, 0.05) is 23.3 Å². The van der Waals surface area contributed by atoms with Crippen molar-refractivity contribution in [1.82, 2.24) is 0 Å². The molecule has 0 saturated carbocycles. The van der Waals surface area contributed by atoms with Gasteiger partial charge in [0.15, 0.2) is 0 Å². The molecule has 1 rings (SSSR count). The second-order valence-corrected chi connectivity index (χ2v) is 4.60. The lowest BCUT2D eigenvalue weighted by molar-refractivity contribution is -0.138. The monoisotopic (exact) mass is 273 g/mol. The van der Waals surface area contributed by atoms with Crippen molar-refractivity contribution in [2.24, 2.45) is 0 Å². The maximum absolute atomic E-state index is 11.4. The quantitative estimate of drug-likeness (QED) is 0.640. The van der Waals surface area contributed by atoms with Crippen LogP contribution in [0.2, 0.25) is 0 Å². The highest BCUT2D eigenvalue weighted by Crippen LogP contribution is 2.11. The fourth-order valence-corrected chi connectivity index (χ4v) is 1.38. The largest absolute Gasteiger partial charge is 0.462 e. The van der Waals surface area contributed by atoms with Crippen molar-refractivity contribution in [2.45, 2.75) is 20.3 Å². The molecule has 0 aromatic heterocycles. The number of hydrogen-bond acceptors (Lipinski definition) is 3. The van der Waals surface area contributed by atoms with E-state index in [0.717, 1.165) is 5.56 Å². The fourth-order valence-electron chi connectivity index (χ4n) is 1.38. The molecule has 0 saturated heterocycles. The van der Waals surface area contributed by atoms with Crippen LogP contribution in [-0.4, -0.2) is 18.5 Å². The minimum Gasteiger partial charge on any atom is -0.462 e. The van der Waals surface area contributed by atoms with Crippen molar-refractivity contribution in [2.75, 3.05) is 11.9 Å². The zero-order valence-corrected chi connectivity index (χ0v) is 11.9. The van der Waals surface area contributed by atoms with Crippen molar-refractivity contribution >= 4 is 17.6 Å². The van der Waals surface area contributed by atoms with Gasteiger partial charge in [0.05, 0.1) is 6.61 Å². The third-order valence-corrected chi connectivity index (χ3v) is 2.57. The molecule has 0 aliphatic heterocycles. The van der Waals surface area contributed by atoms with E-state index in [1.54, 1.807) is 26.0 Å². The zero-order chi connectivity index (χ0) is 15.1. The van der Waals surface area contributed by atoms with Crippen molar-refractivity contribution in [3.8, 4) is 0 Å². The highest BCUT2D eigenvalue weighted by molar-refractivity contribution is 6.02. The van der Waals surface area contributed by atoms with Crippen LogP contribution in [0.4, 0.5) is 5.69 Å². The van der Waals surface area contributed by atoms with Crippen LogP contribution in [0.15, 0.2) is 48.6 Å². The molecule has 0 aliphatic carbocycles. The number of ether oxygens (including phenoxy) is 1. The Hall–Kier alpha value is -2.36. The van der Waals surface area contributed by atoms with Crippen LogP contribution in [0.5, 0.6) is 0 Å². The average molecular weight is 273 g/mol. The molecule has 4 nitrogen and oxygen atoms in total. The van der Waals surface area contributed by atoms with Crippen molar-refractivity contribution < 1.29 is 14.3 Å². The van der Waals surface area contributed by atoms with Gasteiger partial charge in [0.25, 0.3) is 5.91 Å². The highest BCUT2D eigenvalue weighted by Gasteiger charge is 2.04. The number of carbonyl (C=O) groups is 2. The zero-order valence-electron chi connectivity index (χ0n) is 11.9. The lowest BCUT2D eigenvalue weighted by Crippen LogP contribution is -2.11. The Morgan fingerprint density at radius 3 is 2.20 bits per heavy atom. The molecule has 1 N–H and O–H groups in total. The summed E-state index contributed by atoms with van der Waals surface area (Å²) >= 11 is 0.